The van der Waals surface area contributed by atoms with Crippen molar-refractivity contribution in [3.05, 3.63) is 46.8 Å². The molecule has 1 fully saturated rings. The Morgan fingerprint density at radius 1 is 1.26 bits per heavy atom. The topological polar surface area (TPSA) is 53.6 Å². The van der Waals surface area contributed by atoms with E-state index in [-0.39, 0.29) is 35.0 Å². The smallest absolute Gasteiger partial charge is 0.393 e. The van der Waals surface area contributed by atoms with Crippen molar-refractivity contribution in [2.24, 2.45) is 0 Å². The van der Waals surface area contributed by atoms with Crippen molar-refractivity contribution < 1.29 is 31.0 Å². The van der Waals surface area contributed by atoms with Crippen molar-refractivity contribution >= 4 is 45.2 Å². The molecule has 0 amide bonds. The summed E-state index contributed by atoms with van der Waals surface area (Å²) in [6.45, 7) is 4.05. The van der Waals surface area contributed by atoms with Gasteiger partial charge in [0.05, 0.1) is 51.1 Å². The van der Waals surface area contributed by atoms with Gasteiger partial charge in [-0.05, 0) is 62.0 Å². The lowest BCUT2D eigenvalue weighted by atomic mass is 10.0. The van der Waals surface area contributed by atoms with Crippen molar-refractivity contribution in [3.63, 3.8) is 0 Å². The van der Waals surface area contributed by atoms with Crippen molar-refractivity contribution in [2.75, 3.05) is 57.7 Å². The third-order valence-corrected chi connectivity index (χ3v) is 9.27. The Morgan fingerprint density at radius 2 is 2.05 bits per heavy atom. The Morgan fingerprint density at radius 3 is 2.74 bits per heavy atom. The maximum Gasteiger partial charge on any atom is 0.393 e. The van der Waals surface area contributed by atoms with Gasteiger partial charge in [0.25, 0.3) is 0 Å². The van der Waals surface area contributed by atoms with Crippen molar-refractivity contribution in [1.82, 2.24) is 4.90 Å². The Bertz CT molecular complexity index is 1550. The molecule has 1 aromatic heterocycles. The molecule has 39 heavy (non-hydrogen) atoms. The first-order valence-electron chi connectivity index (χ1n) is 13.8. The lowest BCUT2D eigenvalue weighted by Crippen LogP contribution is -2.46. The molecule has 1 aliphatic heterocycles. The first-order valence-corrected chi connectivity index (χ1v) is 15.7. The number of nitrogens with one attached hydrogen (secondary N) is 2. The second-order valence-electron chi connectivity index (χ2n) is 9.99. The van der Waals surface area contributed by atoms with Crippen LogP contribution in [0.15, 0.2) is 36.4 Å². The number of nitrogens with zero attached hydrogens (tertiary/aromatic N) is 1. The molecular weight excluding hydrogens is 549 g/mol. The molecule has 2 heterocycles. The number of piperidine rings is 1. The zero-order valence-electron chi connectivity index (χ0n) is 24.8. The number of hydrogen-bond acceptors (Lipinski definition) is 6. The summed E-state index contributed by atoms with van der Waals surface area (Å²) in [7, 11) is -3.61. The average Bonchev–Trinajstić information content (AvgIpc) is 3.19. The van der Waals surface area contributed by atoms with Gasteiger partial charge >= 0.3 is 6.18 Å². The Kier molecular flexibility index (Phi) is 7.63. The van der Waals surface area contributed by atoms with Crippen LogP contribution in [0.4, 0.5) is 28.9 Å². The van der Waals surface area contributed by atoms with Crippen LogP contribution >= 0.6 is 18.5 Å². The van der Waals surface area contributed by atoms with Crippen LogP contribution in [0.3, 0.4) is 0 Å². The lowest BCUT2D eigenvalue weighted by Gasteiger charge is -2.33. The van der Waals surface area contributed by atoms with Crippen LogP contribution < -0.4 is 20.7 Å². The molecule has 0 radical (unpaired) electrons. The third-order valence-electron chi connectivity index (χ3n) is 6.55. The van der Waals surface area contributed by atoms with Gasteiger partial charge in [-0.3, -0.25) is 0 Å². The number of alkyl halides is 4. The van der Waals surface area contributed by atoms with E-state index in [0.717, 1.165) is 11.3 Å². The molecule has 0 aliphatic carbocycles. The predicted molar refractivity (Wildman–Crippen MR) is 153 cm³/mol. The monoisotopic (exact) mass is 584 g/mol. The average molecular weight is 585 g/mol. The van der Waals surface area contributed by atoms with E-state index in [4.69, 9.17) is 8.85 Å². The molecule has 0 unspecified atom stereocenters. The molecule has 2 atom stereocenters. The van der Waals surface area contributed by atoms with Crippen LogP contribution in [0.2, 0.25) is 0 Å². The molecule has 1 saturated heterocycles. The van der Waals surface area contributed by atoms with Crippen molar-refractivity contribution in [2.45, 2.75) is 31.2 Å². The molecule has 1 aliphatic rings. The van der Waals surface area contributed by atoms with E-state index in [9.17, 15) is 22.1 Å². The first kappa shape index (κ1) is 25.3. The van der Waals surface area contributed by atoms with E-state index in [2.05, 4.69) is 22.5 Å². The number of benzene rings is 2. The SMILES string of the molecule is [2H]C([2H])([2H])Oc1cc(P(C)(C)=O)ccc1NCC#Cc1sc2c(N[C@H]3CCN(C)C[C@H]3F)cccc2c1CC(F)(F)F. The fourth-order valence-corrected chi connectivity index (χ4v) is 6.55. The van der Waals surface area contributed by atoms with Crippen LogP contribution in [-0.4, -0.2) is 70.3 Å². The highest BCUT2D eigenvalue weighted by Gasteiger charge is 2.32. The predicted octanol–water partition coefficient (Wildman–Crippen LogP) is 6.18. The molecule has 0 bridgehead atoms. The lowest BCUT2D eigenvalue weighted by molar-refractivity contribution is -0.126. The number of halogens is 4. The Balaban J connectivity index is 1.62. The van der Waals surface area contributed by atoms with E-state index in [0.29, 0.717) is 34.0 Å². The number of ether oxygens (including phenoxy) is 1. The zero-order chi connectivity index (χ0) is 30.9. The molecule has 210 valence electrons. The van der Waals surface area contributed by atoms with Crippen LogP contribution in [0.25, 0.3) is 10.1 Å². The summed E-state index contributed by atoms with van der Waals surface area (Å²) in [4.78, 5) is 2.14. The zero-order valence-corrected chi connectivity index (χ0v) is 23.5. The van der Waals surface area contributed by atoms with Gasteiger partial charge in [-0.2, -0.15) is 13.2 Å². The van der Waals surface area contributed by atoms with Gasteiger partial charge in [0.15, 0.2) is 0 Å². The Labute approximate surface area is 234 Å². The number of likely N-dealkylation sites (tertiary alicyclic amines) is 1. The highest BCUT2D eigenvalue weighted by Crippen LogP contribution is 2.40. The first-order chi connectivity index (χ1) is 19.5. The summed E-state index contributed by atoms with van der Waals surface area (Å²) in [5, 5.41) is 7.01. The number of rotatable bonds is 7. The molecule has 0 saturated carbocycles. The molecule has 2 N–H and O–H groups in total. The summed E-state index contributed by atoms with van der Waals surface area (Å²) < 4.78 is 96.0. The maximum atomic E-state index is 14.7. The standard InChI is InChI=1S/C28H32F4N3O2PS/c1-35-14-12-22(21(29)17-35)34-24-8-5-7-19-20(16-28(30,31)32)26(39-27(19)24)9-6-13-33-23-11-10-18(38(3,4)36)15-25(23)37-2/h5,7-8,10-11,15,21-22,33-34H,12-14,16-17H2,1-4H3/t21-,22+/m1/s1/i2D3. The van der Waals surface area contributed by atoms with Crippen LogP contribution in [0.5, 0.6) is 5.75 Å². The van der Waals surface area contributed by atoms with Crippen LogP contribution in [-0.2, 0) is 11.0 Å². The van der Waals surface area contributed by atoms with Gasteiger partial charge in [-0.25, -0.2) is 4.39 Å². The van der Waals surface area contributed by atoms with Gasteiger partial charge in [-0.1, -0.05) is 24.0 Å². The summed E-state index contributed by atoms with van der Waals surface area (Å²) in [5.41, 5.74) is 0.908. The van der Waals surface area contributed by atoms with Crippen molar-refractivity contribution in [1.29, 1.82) is 0 Å². The highest BCUT2D eigenvalue weighted by atomic mass is 32.1. The molecule has 0 spiro atoms. The quantitative estimate of drug-likeness (QED) is 0.197. The normalized spacial score (nSPS) is 19.9. The van der Waals surface area contributed by atoms with Crippen LogP contribution in [0, 0.1) is 11.8 Å². The van der Waals surface area contributed by atoms with Gasteiger partial charge < -0.3 is 24.8 Å². The number of methoxy groups -OCH3 is 1. The highest BCUT2D eigenvalue weighted by molar-refractivity contribution is 7.70. The van der Waals surface area contributed by atoms with Gasteiger partial charge in [0, 0.05) is 18.4 Å². The minimum absolute atomic E-state index is 0.0312. The summed E-state index contributed by atoms with van der Waals surface area (Å²) in [6, 6.07) is 9.08. The molecule has 5 nitrogen and oxygen atoms in total. The van der Waals surface area contributed by atoms with Gasteiger partial charge in [0.1, 0.15) is 19.1 Å². The van der Waals surface area contributed by atoms with E-state index in [1.54, 1.807) is 37.6 Å². The largest absolute Gasteiger partial charge is 0.495 e. The van der Waals surface area contributed by atoms with E-state index < -0.39 is 39.0 Å². The van der Waals surface area contributed by atoms with E-state index in [1.807, 2.05) is 11.9 Å². The van der Waals surface area contributed by atoms with E-state index >= 15 is 0 Å². The van der Waals surface area contributed by atoms with Gasteiger partial charge in [0.2, 0.25) is 0 Å². The molecule has 2 aromatic carbocycles. The van der Waals surface area contributed by atoms with Crippen LogP contribution in [0.1, 0.15) is 21.0 Å². The minimum atomic E-state index is -4.47. The fourth-order valence-electron chi connectivity index (χ4n) is 4.52. The molecule has 11 heteroatoms. The number of anilines is 2. The maximum absolute atomic E-state index is 14.7. The van der Waals surface area contributed by atoms with Crippen molar-refractivity contribution in [3.8, 4) is 17.6 Å². The minimum Gasteiger partial charge on any atom is -0.495 e. The fraction of sp³-hybridized carbons (Fsp3) is 0.429. The summed E-state index contributed by atoms with van der Waals surface area (Å²) in [5.74, 6) is 5.64. The Hall–Kier alpha value is -2.73. The molecular formula is C28H32F4N3O2PS. The second-order valence-corrected chi connectivity index (χ2v) is 14.2. The number of fused-ring (bicyclic) bond motifs is 1. The summed E-state index contributed by atoms with van der Waals surface area (Å²) in [6.07, 6.45) is -6.19. The van der Waals surface area contributed by atoms with Gasteiger partial charge in [-0.15, -0.1) is 11.3 Å². The molecule has 4 rings (SSSR count). The summed E-state index contributed by atoms with van der Waals surface area (Å²) >= 11 is 1.12. The second kappa shape index (κ2) is 11.8. The number of hydrogen-bond donors (Lipinski definition) is 2. The number of thiophene rings is 1. The van der Waals surface area contributed by atoms with E-state index in [1.165, 1.54) is 12.1 Å². The third kappa shape index (κ3) is 7.27. The molecule has 3 aromatic rings.